The molecular weight excluding hydrogens is 404 g/mol. The van der Waals surface area contributed by atoms with Gasteiger partial charge < -0.3 is 5.32 Å². The van der Waals surface area contributed by atoms with Crippen molar-refractivity contribution in [3.05, 3.63) is 94.9 Å². The molecular formula is C24H20N6O2. The Kier molecular flexibility index (Phi) is 4.95. The molecule has 0 aliphatic heterocycles. The molecule has 1 amide bonds. The van der Waals surface area contributed by atoms with Gasteiger partial charge in [-0.15, -0.1) is 0 Å². The molecule has 0 radical (unpaired) electrons. The fourth-order valence-electron chi connectivity index (χ4n) is 3.67. The third-order valence-electron chi connectivity index (χ3n) is 5.37. The lowest BCUT2D eigenvalue weighted by atomic mass is 10.1. The van der Waals surface area contributed by atoms with Crippen molar-refractivity contribution in [2.75, 3.05) is 0 Å². The van der Waals surface area contributed by atoms with E-state index < -0.39 is 0 Å². The molecule has 32 heavy (non-hydrogen) atoms. The highest BCUT2D eigenvalue weighted by atomic mass is 16.2. The topological polar surface area (TPSA) is 94.7 Å². The van der Waals surface area contributed by atoms with Gasteiger partial charge in [0.25, 0.3) is 5.56 Å². The zero-order valence-corrected chi connectivity index (χ0v) is 17.4. The molecule has 0 unspecified atom stereocenters. The average molecular weight is 424 g/mol. The van der Waals surface area contributed by atoms with Crippen LogP contribution in [-0.4, -0.2) is 30.0 Å². The van der Waals surface area contributed by atoms with Crippen molar-refractivity contribution in [3.63, 3.8) is 0 Å². The average Bonchev–Trinajstić information content (AvgIpc) is 3.25. The molecule has 0 aliphatic rings. The number of para-hydroxylation sites is 3. The van der Waals surface area contributed by atoms with Gasteiger partial charge in [-0.2, -0.15) is 0 Å². The van der Waals surface area contributed by atoms with Crippen LogP contribution in [0.4, 0.5) is 0 Å². The van der Waals surface area contributed by atoms with Gasteiger partial charge in [-0.1, -0.05) is 30.3 Å². The lowest BCUT2D eigenvalue weighted by molar-refractivity contribution is -0.121. The second-order valence-electron chi connectivity index (χ2n) is 7.55. The number of nitrogens with one attached hydrogen (secondary N) is 1. The number of carbonyl (C=O) groups is 1. The number of nitrogens with zero attached hydrogens (tertiary/aromatic N) is 5. The van der Waals surface area contributed by atoms with Crippen LogP contribution in [-0.2, 0) is 17.9 Å². The van der Waals surface area contributed by atoms with E-state index in [4.69, 9.17) is 0 Å². The molecule has 0 bridgehead atoms. The standard InChI is InChI=1S/C24H20N6O2/c1-16-5-4-6-18-23(16)28-14-29(24(18)32)13-22(31)26-12-17-9-10-21(25-11-17)30-15-27-19-7-2-3-8-20(19)30/h2-11,14-15H,12-13H2,1H3,(H,26,31). The highest BCUT2D eigenvalue weighted by Gasteiger charge is 2.10. The predicted octanol–water partition coefficient (Wildman–Crippen LogP) is 2.76. The molecule has 8 nitrogen and oxygen atoms in total. The quantitative estimate of drug-likeness (QED) is 0.468. The maximum absolute atomic E-state index is 12.7. The van der Waals surface area contributed by atoms with Crippen LogP contribution in [0, 0.1) is 6.92 Å². The summed E-state index contributed by atoms with van der Waals surface area (Å²) in [6, 6.07) is 17.1. The minimum absolute atomic E-state index is 0.0950. The van der Waals surface area contributed by atoms with Crippen LogP contribution in [0.25, 0.3) is 27.8 Å². The molecule has 0 fully saturated rings. The first-order valence-electron chi connectivity index (χ1n) is 10.2. The SMILES string of the molecule is Cc1cccc2c(=O)n(CC(=O)NCc3ccc(-n4cnc5ccccc54)nc3)cnc12. The lowest BCUT2D eigenvalue weighted by Crippen LogP contribution is -2.32. The van der Waals surface area contributed by atoms with Gasteiger partial charge in [0.05, 0.1) is 28.3 Å². The summed E-state index contributed by atoms with van der Waals surface area (Å²) in [5.41, 5.74) is 4.09. The molecule has 1 N–H and O–H groups in total. The fourth-order valence-corrected chi connectivity index (χ4v) is 3.67. The number of amides is 1. The van der Waals surface area contributed by atoms with Crippen molar-refractivity contribution in [1.29, 1.82) is 0 Å². The number of hydrogen-bond acceptors (Lipinski definition) is 5. The summed E-state index contributed by atoms with van der Waals surface area (Å²) in [4.78, 5) is 38.3. The molecule has 0 saturated heterocycles. The van der Waals surface area contributed by atoms with Gasteiger partial charge in [0.2, 0.25) is 5.91 Å². The molecule has 5 aromatic rings. The Hall–Kier alpha value is -4.33. The second kappa shape index (κ2) is 8.07. The van der Waals surface area contributed by atoms with Crippen molar-refractivity contribution in [1.82, 2.24) is 29.4 Å². The maximum atomic E-state index is 12.7. The molecule has 0 spiro atoms. The number of pyridine rings is 1. The first kappa shape index (κ1) is 19.6. The summed E-state index contributed by atoms with van der Waals surface area (Å²) >= 11 is 0. The van der Waals surface area contributed by atoms with Crippen molar-refractivity contribution < 1.29 is 4.79 Å². The van der Waals surface area contributed by atoms with Gasteiger partial charge in [-0.05, 0) is 42.3 Å². The maximum Gasteiger partial charge on any atom is 0.261 e. The number of benzene rings is 2. The number of aromatic nitrogens is 5. The third kappa shape index (κ3) is 3.62. The van der Waals surface area contributed by atoms with E-state index in [1.165, 1.54) is 10.9 Å². The van der Waals surface area contributed by atoms with Crippen molar-refractivity contribution in [2.24, 2.45) is 0 Å². The molecule has 2 aromatic carbocycles. The fraction of sp³-hybridized carbons (Fsp3) is 0.125. The molecule has 3 heterocycles. The molecule has 0 aliphatic carbocycles. The van der Waals surface area contributed by atoms with E-state index in [0.29, 0.717) is 17.4 Å². The second-order valence-corrected chi connectivity index (χ2v) is 7.55. The van der Waals surface area contributed by atoms with E-state index >= 15 is 0 Å². The monoisotopic (exact) mass is 424 g/mol. The number of hydrogen-bond donors (Lipinski definition) is 1. The number of imidazole rings is 1. The third-order valence-corrected chi connectivity index (χ3v) is 5.37. The first-order valence-corrected chi connectivity index (χ1v) is 10.2. The summed E-state index contributed by atoms with van der Waals surface area (Å²) in [6.45, 7) is 2.12. The van der Waals surface area contributed by atoms with Gasteiger partial charge in [-0.3, -0.25) is 18.7 Å². The van der Waals surface area contributed by atoms with E-state index in [0.717, 1.165) is 28.0 Å². The number of carbonyl (C=O) groups excluding carboxylic acids is 1. The summed E-state index contributed by atoms with van der Waals surface area (Å²) in [6.07, 6.45) is 4.88. The van der Waals surface area contributed by atoms with Crippen LogP contribution in [0.1, 0.15) is 11.1 Å². The Morgan fingerprint density at radius 2 is 1.84 bits per heavy atom. The smallest absolute Gasteiger partial charge is 0.261 e. The first-order chi connectivity index (χ1) is 15.6. The van der Waals surface area contributed by atoms with E-state index in [-0.39, 0.29) is 18.0 Å². The molecule has 158 valence electrons. The van der Waals surface area contributed by atoms with E-state index in [9.17, 15) is 9.59 Å². The summed E-state index contributed by atoms with van der Waals surface area (Å²) < 4.78 is 3.24. The van der Waals surface area contributed by atoms with Crippen molar-refractivity contribution in [3.8, 4) is 5.82 Å². The Morgan fingerprint density at radius 3 is 2.69 bits per heavy atom. The van der Waals surface area contributed by atoms with Crippen molar-refractivity contribution >= 4 is 27.8 Å². The van der Waals surface area contributed by atoms with E-state index in [1.807, 2.05) is 60.0 Å². The minimum atomic E-state index is -0.273. The van der Waals surface area contributed by atoms with Crippen LogP contribution in [0.5, 0.6) is 0 Å². The molecule has 3 aromatic heterocycles. The summed E-state index contributed by atoms with van der Waals surface area (Å²) in [7, 11) is 0. The Balaban J connectivity index is 1.26. The lowest BCUT2D eigenvalue weighted by Gasteiger charge is -2.09. The molecule has 8 heteroatoms. The van der Waals surface area contributed by atoms with Crippen molar-refractivity contribution in [2.45, 2.75) is 20.0 Å². The number of rotatable bonds is 5. The minimum Gasteiger partial charge on any atom is -0.350 e. The zero-order chi connectivity index (χ0) is 22.1. The van der Waals surface area contributed by atoms with Gasteiger partial charge >= 0.3 is 0 Å². The van der Waals surface area contributed by atoms with E-state index in [1.54, 1.807) is 18.6 Å². The van der Waals surface area contributed by atoms with Gasteiger partial charge in [0.1, 0.15) is 18.7 Å². The molecule has 5 rings (SSSR count). The molecule has 0 saturated carbocycles. The normalized spacial score (nSPS) is 11.2. The largest absolute Gasteiger partial charge is 0.350 e. The highest BCUT2D eigenvalue weighted by Crippen LogP contribution is 2.16. The Labute approximate surface area is 183 Å². The molecule has 0 atom stereocenters. The predicted molar refractivity (Wildman–Crippen MR) is 121 cm³/mol. The van der Waals surface area contributed by atoms with E-state index in [2.05, 4.69) is 20.3 Å². The zero-order valence-electron chi connectivity index (χ0n) is 17.4. The van der Waals surface area contributed by atoms with Gasteiger partial charge in [0, 0.05) is 12.7 Å². The summed E-state index contributed by atoms with van der Waals surface area (Å²) in [5.74, 6) is 0.475. The van der Waals surface area contributed by atoms with Crippen LogP contribution < -0.4 is 10.9 Å². The van der Waals surface area contributed by atoms with Crippen LogP contribution in [0.2, 0.25) is 0 Å². The van der Waals surface area contributed by atoms with Crippen LogP contribution in [0.3, 0.4) is 0 Å². The Bertz CT molecular complexity index is 1500. The number of fused-ring (bicyclic) bond motifs is 2. The highest BCUT2D eigenvalue weighted by molar-refractivity contribution is 5.81. The van der Waals surface area contributed by atoms with Crippen LogP contribution in [0.15, 0.2) is 78.2 Å². The Morgan fingerprint density at radius 1 is 0.969 bits per heavy atom. The van der Waals surface area contributed by atoms with Gasteiger partial charge in [0.15, 0.2) is 0 Å². The summed E-state index contributed by atoms with van der Waals surface area (Å²) in [5, 5.41) is 3.34. The van der Waals surface area contributed by atoms with Gasteiger partial charge in [-0.25, -0.2) is 15.0 Å². The van der Waals surface area contributed by atoms with Crippen LogP contribution >= 0.6 is 0 Å². The number of aryl methyl sites for hydroxylation is 1.